The molecule has 1 aliphatic carbocycles. The average Bonchev–Trinajstić information content (AvgIpc) is 3.27. The van der Waals surface area contributed by atoms with Gasteiger partial charge in [0.1, 0.15) is 23.7 Å². The predicted molar refractivity (Wildman–Crippen MR) is 143 cm³/mol. The number of aromatic nitrogens is 2. The van der Waals surface area contributed by atoms with Crippen LogP contribution in [0.3, 0.4) is 0 Å². The highest BCUT2D eigenvalue weighted by Crippen LogP contribution is 2.27. The minimum atomic E-state index is -1.37. The van der Waals surface area contributed by atoms with Gasteiger partial charge >= 0.3 is 12.1 Å². The molecule has 1 fully saturated rings. The van der Waals surface area contributed by atoms with Crippen LogP contribution < -0.4 is 10.3 Å². The lowest BCUT2D eigenvalue weighted by Crippen LogP contribution is -2.49. The quantitative estimate of drug-likeness (QED) is 0.513. The zero-order chi connectivity index (χ0) is 28.9. The third kappa shape index (κ3) is 4.44. The van der Waals surface area contributed by atoms with Crippen molar-refractivity contribution in [3.63, 3.8) is 0 Å². The van der Waals surface area contributed by atoms with Crippen molar-refractivity contribution in [3.8, 4) is 0 Å². The smallest absolute Gasteiger partial charge is 0.410 e. The van der Waals surface area contributed by atoms with Crippen molar-refractivity contribution >= 4 is 40.2 Å². The molecule has 0 spiro atoms. The van der Waals surface area contributed by atoms with Crippen LogP contribution in [0.1, 0.15) is 50.7 Å². The summed E-state index contributed by atoms with van der Waals surface area (Å²) in [6, 6.07) is 4.17. The number of aryl methyl sites for hydroxylation is 1. The van der Waals surface area contributed by atoms with Crippen LogP contribution in [-0.2, 0) is 24.9 Å². The van der Waals surface area contributed by atoms with Crippen molar-refractivity contribution in [2.24, 2.45) is 7.05 Å². The molecule has 5 rings (SSSR count). The summed E-state index contributed by atoms with van der Waals surface area (Å²) in [4.78, 5) is 64.9. The van der Waals surface area contributed by atoms with E-state index in [4.69, 9.17) is 4.74 Å². The van der Waals surface area contributed by atoms with Crippen molar-refractivity contribution in [2.75, 3.05) is 31.1 Å². The molecule has 11 nitrogen and oxygen atoms in total. The summed E-state index contributed by atoms with van der Waals surface area (Å²) >= 11 is 0. The number of halogens is 1. The molecule has 208 valence electrons. The van der Waals surface area contributed by atoms with Crippen molar-refractivity contribution < 1.29 is 33.4 Å². The number of hydrogen-bond donors (Lipinski definition) is 1. The maximum atomic E-state index is 15.1. The Morgan fingerprint density at radius 1 is 1.07 bits per heavy atom. The number of nitrogens with zero attached hydrogens (tertiary/aromatic N) is 4. The summed E-state index contributed by atoms with van der Waals surface area (Å²) in [6.45, 7) is 4.72. The third-order valence-electron chi connectivity index (χ3n) is 7.46. The van der Waals surface area contributed by atoms with Gasteiger partial charge in [-0.15, -0.1) is 0 Å². The molecule has 40 heavy (non-hydrogen) atoms. The molecule has 0 saturated carbocycles. The minimum Gasteiger partial charge on any atom is -0.477 e. The fraction of sp³-hybridized carbons (Fsp3) is 0.321. The molecule has 12 heteroatoms. The molecule has 0 unspecified atom stereocenters. The zero-order valence-corrected chi connectivity index (χ0v) is 22.2. The number of carbonyl (C=O) groups is 4. The van der Waals surface area contributed by atoms with Crippen molar-refractivity contribution in [2.45, 2.75) is 27.0 Å². The van der Waals surface area contributed by atoms with E-state index in [0.29, 0.717) is 36.4 Å². The lowest BCUT2D eigenvalue weighted by molar-refractivity contribution is 0.0694. The second-order valence-corrected chi connectivity index (χ2v) is 9.79. The van der Waals surface area contributed by atoms with Gasteiger partial charge in [-0.25, -0.2) is 14.0 Å². The summed E-state index contributed by atoms with van der Waals surface area (Å²) in [6.07, 6.45) is 1.98. The Hall–Kier alpha value is -4.74. The van der Waals surface area contributed by atoms with Gasteiger partial charge < -0.3 is 28.8 Å². The van der Waals surface area contributed by atoms with Gasteiger partial charge in [0.05, 0.1) is 22.5 Å². The summed E-state index contributed by atoms with van der Waals surface area (Å²) in [5.74, 6) is -2.55. The minimum absolute atomic E-state index is 0.0121. The number of fused-ring (bicyclic) bond motifs is 2. The maximum absolute atomic E-state index is 15.1. The van der Waals surface area contributed by atoms with Crippen LogP contribution in [0.25, 0.3) is 10.9 Å². The van der Waals surface area contributed by atoms with Crippen LogP contribution in [0.2, 0.25) is 0 Å². The molecule has 1 N–H and O–H groups in total. The Labute approximate surface area is 227 Å². The number of ether oxygens (including phenoxy) is 1. The van der Waals surface area contributed by atoms with Gasteiger partial charge in [-0.2, -0.15) is 0 Å². The molecule has 1 amide bonds. The normalized spacial score (nSPS) is 15.3. The first-order valence-corrected chi connectivity index (χ1v) is 12.7. The molecule has 2 aliphatic rings. The number of allylic oxidation sites excluding steroid dienone is 2. The molecule has 1 aliphatic heterocycles. The SMILES string of the molecule is CCn1cc(C(=O)O)c(=O)c2cc(F)c(N3CCN(C(=O)OCc4cc5c(n4C)C(=O)C=C(C)C5=O)CC3)cc21. The van der Waals surface area contributed by atoms with Gasteiger partial charge in [-0.1, -0.05) is 0 Å². The first-order valence-electron chi connectivity index (χ1n) is 12.7. The van der Waals surface area contributed by atoms with E-state index < -0.39 is 28.9 Å². The van der Waals surface area contributed by atoms with E-state index in [-0.39, 0.29) is 53.6 Å². The Morgan fingerprint density at radius 3 is 2.42 bits per heavy atom. The largest absolute Gasteiger partial charge is 0.477 e. The molecule has 3 aromatic rings. The van der Waals surface area contributed by atoms with Crippen LogP contribution in [0.4, 0.5) is 14.9 Å². The first kappa shape index (κ1) is 26.9. The molecule has 0 atom stereocenters. The molecule has 1 aromatic carbocycles. The van der Waals surface area contributed by atoms with E-state index in [9.17, 15) is 29.1 Å². The number of carbonyl (C=O) groups excluding carboxylic acids is 3. The summed E-state index contributed by atoms with van der Waals surface area (Å²) in [7, 11) is 1.64. The monoisotopic (exact) mass is 550 g/mol. The van der Waals surface area contributed by atoms with E-state index in [1.54, 1.807) is 41.0 Å². The number of anilines is 1. The van der Waals surface area contributed by atoms with Crippen LogP contribution in [0.5, 0.6) is 0 Å². The highest BCUT2D eigenvalue weighted by Gasteiger charge is 2.29. The van der Waals surface area contributed by atoms with E-state index in [0.717, 1.165) is 6.07 Å². The molecule has 0 bridgehead atoms. The molecular formula is C28H27FN4O7. The second kappa shape index (κ2) is 10.1. The highest BCUT2D eigenvalue weighted by molar-refractivity contribution is 6.23. The summed E-state index contributed by atoms with van der Waals surface area (Å²) in [5, 5.41) is 9.33. The zero-order valence-electron chi connectivity index (χ0n) is 22.2. The standard InChI is InChI=1S/C28H27FN4O7/c1-4-31-13-19(27(37)38)26(36)17-11-20(29)22(12-21(17)31)32-5-7-33(8-6-32)28(39)40-14-16-10-18-24(30(16)3)23(34)9-15(2)25(18)35/h9-13H,4-8,14H2,1-3H3,(H,37,38). The Kier molecular flexibility index (Phi) is 6.78. The van der Waals surface area contributed by atoms with E-state index in [2.05, 4.69) is 0 Å². The fourth-order valence-corrected chi connectivity index (χ4v) is 5.22. The molecular weight excluding hydrogens is 523 g/mol. The number of pyridine rings is 1. The average molecular weight is 551 g/mol. The number of rotatable bonds is 5. The molecule has 3 heterocycles. The van der Waals surface area contributed by atoms with Crippen LogP contribution in [0, 0.1) is 5.82 Å². The van der Waals surface area contributed by atoms with Gasteiger partial charge in [-0.3, -0.25) is 14.4 Å². The van der Waals surface area contributed by atoms with Crippen molar-refractivity contribution in [1.29, 1.82) is 0 Å². The molecule has 2 aromatic heterocycles. The molecule has 1 saturated heterocycles. The Bertz CT molecular complexity index is 1690. The Morgan fingerprint density at radius 2 is 1.77 bits per heavy atom. The number of carboxylic acids is 1. The second-order valence-electron chi connectivity index (χ2n) is 9.79. The van der Waals surface area contributed by atoms with Gasteiger partial charge in [0, 0.05) is 56.9 Å². The number of carboxylic acid groups (broad SMARTS) is 1. The van der Waals surface area contributed by atoms with E-state index in [1.807, 2.05) is 0 Å². The van der Waals surface area contributed by atoms with Crippen LogP contribution in [-0.4, -0.2) is 68.9 Å². The van der Waals surface area contributed by atoms with Crippen molar-refractivity contribution in [1.82, 2.24) is 14.0 Å². The summed E-state index contributed by atoms with van der Waals surface area (Å²) < 4.78 is 23.8. The first-order chi connectivity index (χ1) is 19.0. The lowest BCUT2D eigenvalue weighted by Gasteiger charge is -2.35. The number of aromatic carboxylic acids is 1. The van der Waals surface area contributed by atoms with Crippen molar-refractivity contribution in [3.05, 3.63) is 74.6 Å². The van der Waals surface area contributed by atoms with Gasteiger partial charge in [-0.05, 0) is 38.1 Å². The molecule has 0 radical (unpaired) electrons. The van der Waals surface area contributed by atoms with Gasteiger partial charge in [0.25, 0.3) is 0 Å². The van der Waals surface area contributed by atoms with Gasteiger partial charge in [0.15, 0.2) is 5.78 Å². The number of piperazine rings is 1. The number of benzene rings is 1. The van der Waals surface area contributed by atoms with Crippen LogP contribution >= 0.6 is 0 Å². The topological polar surface area (TPSA) is 131 Å². The number of amides is 1. The lowest BCUT2D eigenvalue weighted by atomic mass is 9.96. The third-order valence-corrected chi connectivity index (χ3v) is 7.46. The maximum Gasteiger partial charge on any atom is 0.410 e. The predicted octanol–water partition coefficient (Wildman–Crippen LogP) is 2.98. The number of Topliss-reactive ketones (excluding diaryl/α,β-unsaturated/α-hetero) is 1. The van der Waals surface area contributed by atoms with E-state index >= 15 is 4.39 Å². The van der Waals surface area contributed by atoms with Gasteiger partial charge in [0.2, 0.25) is 11.2 Å². The summed E-state index contributed by atoms with van der Waals surface area (Å²) in [5.41, 5.74) is 0.917. The highest BCUT2D eigenvalue weighted by atomic mass is 19.1. The fourth-order valence-electron chi connectivity index (χ4n) is 5.22. The number of ketones is 2. The Balaban J connectivity index is 1.28. The number of hydrogen-bond acceptors (Lipinski definition) is 7. The van der Waals surface area contributed by atoms with Crippen LogP contribution in [0.15, 0.2) is 40.8 Å². The van der Waals surface area contributed by atoms with E-state index in [1.165, 1.54) is 23.2 Å².